The van der Waals surface area contributed by atoms with E-state index in [0.717, 1.165) is 17.8 Å². The molecular formula is C15H14FN3. The first-order chi connectivity index (χ1) is 9.22. The molecule has 4 heteroatoms. The lowest BCUT2D eigenvalue weighted by Gasteiger charge is -2.17. The molecule has 0 aliphatic heterocycles. The normalized spacial score (nSPS) is 11.6. The molecule has 0 bridgehead atoms. The number of nitrogens with one attached hydrogen (secondary N) is 1. The Labute approximate surface area is 111 Å². The average molecular weight is 255 g/mol. The fraction of sp³-hybridized carbons (Fsp3) is 0.200. The Balaban J connectivity index is 2.14. The van der Waals surface area contributed by atoms with Crippen LogP contribution in [-0.4, -0.2) is 4.98 Å². The van der Waals surface area contributed by atoms with Crippen molar-refractivity contribution in [1.82, 2.24) is 4.98 Å². The highest BCUT2D eigenvalue weighted by molar-refractivity contribution is 5.48. The van der Waals surface area contributed by atoms with E-state index in [1.807, 2.05) is 19.1 Å². The Morgan fingerprint density at radius 3 is 2.53 bits per heavy atom. The summed E-state index contributed by atoms with van der Waals surface area (Å²) in [4.78, 5) is 4.09. The molecule has 96 valence electrons. The van der Waals surface area contributed by atoms with Crippen molar-refractivity contribution in [3.8, 4) is 6.07 Å². The lowest BCUT2D eigenvalue weighted by atomic mass is 10.1. The van der Waals surface area contributed by atoms with E-state index in [2.05, 4.69) is 16.4 Å². The third-order valence-electron chi connectivity index (χ3n) is 2.87. The number of hydrogen-bond donors (Lipinski definition) is 1. The molecule has 1 N–H and O–H groups in total. The zero-order chi connectivity index (χ0) is 13.7. The average Bonchev–Trinajstić information content (AvgIpc) is 2.46. The lowest BCUT2D eigenvalue weighted by Crippen LogP contribution is -2.11. The molecule has 0 saturated carbocycles. The van der Waals surface area contributed by atoms with Crippen LogP contribution in [0.5, 0.6) is 0 Å². The van der Waals surface area contributed by atoms with Crippen molar-refractivity contribution in [3.63, 3.8) is 0 Å². The van der Waals surface area contributed by atoms with Crippen LogP contribution in [0, 0.1) is 17.1 Å². The number of nitrogens with zero attached hydrogens (tertiary/aromatic N) is 2. The van der Waals surface area contributed by atoms with E-state index in [4.69, 9.17) is 5.26 Å². The number of rotatable bonds is 4. The summed E-state index contributed by atoms with van der Waals surface area (Å²) < 4.78 is 12.9. The van der Waals surface area contributed by atoms with Crippen LogP contribution in [0.25, 0.3) is 0 Å². The van der Waals surface area contributed by atoms with Gasteiger partial charge in [0.1, 0.15) is 5.82 Å². The third kappa shape index (κ3) is 3.29. The van der Waals surface area contributed by atoms with Crippen LogP contribution >= 0.6 is 0 Å². The maximum atomic E-state index is 12.9. The van der Waals surface area contributed by atoms with Gasteiger partial charge in [0.05, 0.1) is 29.6 Å². The zero-order valence-corrected chi connectivity index (χ0v) is 10.6. The van der Waals surface area contributed by atoms with Crippen molar-refractivity contribution in [1.29, 1.82) is 5.26 Å². The van der Waals surface area contributed by atoms with Crippen LogP contribution in [0.2, 0.25) is 0 Å². The third-order valence-corrected chi connectivity index (χ3v) is 2.87. The molecule has 0 aliphatic carbocycles. The maximum absolute atomic E-state index is 12.9. The fourth-order valence-corrected chi connectivity index (χ4v) is 1.82. The van der Waals surface area contributed by atoms with E-state index in [1.165, 1.54) is 12.3 Å². The zero-order valence-electron chi connectivity index (χ0n) is 10.6. The van der Waals surface area contributed by atoms with Crippen molar-refractivity contribution < 1.29 is 4.39 Å². The SMILES string of the molecule is CCC(Nc1ccc(C#N)cc1)c1ccc(F)cn1. The lowest BCUT2D eigenvalue weighted by molar-refractivity contribution is 0.614. The van der Waals surface area contributed by atoms with Gasteiger partial charge < -0.3 is 5.32 Å². The second-order valence-corrected chi connectivity index (χ2v) is 4.20. The smallest absolute Gasteiger partial charge is 0.141 e. The topological polar surface area (TPSA) is 48.7 Å². The summed E-state index contributed by atoms with van der Waals surface area (Å²) in [5.74, 6) is -0.336. The van der Waals surface area contributed by atoms with Crippen molar-refractivity contribution >= 4 is 5.69 Å². The molecule has 0 saturated heterocycles. The Hall–Kier alpha value is -2.41. The molecule has 0 radical (unpaired) electrons. The molecule has 0 spiro atoms. The highest BCUT2D eigenvalue weighted by atomic mass is 19.1. The summed E-state index contributed by atoms with van der Waals surface area (Å²) in [6.45, 7) is 2.03. The number of hydrogen-bond acceptors (Lipinski definition) is 3. The predicted octanol–water partition coefficient (Wildman–Crippen LogP) is 3.66. The highest BCUT2D eigenvalue weighted by Crippen LogP contribution is 2.21. The van der Waals surface area contributed by atoms with Gasteiger partial charge in [0.25, 0.3) is 0 Å². The molecule has 1 atom stereocenters. The monoisotopic (exact) mass is 255 g/mol. The number of anilines is 1. The molecule has 0 fully saturated rings. The first-order valence-electron chi connectivity index (χ1n) is 6.11. The number of halogens is 1. The van der Waals surface area contributed by atoms with E-state index < -0.39 is 0 Å². The van der Waals surface area contributed by atoms with Crippen molar-refractivity contribution in [3.05, 3.63) is 59.7 Å². The number of aromatic nitrogens is 1. The van der Waals surface area contributed by atoms with Crippen LogP contribution in [0.1, 0.15) is 30.6 Å². The predicted molar refractivity (Wildman–Crippen MR) is 72.0 cm³/mol. The number of pyridine rings is 1. The van der Waals surface area contributed by atoms with Gasteiger partial charge in [0, 0.05) is 5.69 Å². The second kappa shape index (κ2) is 5.96. The second-order valence-electron chi connectivity index (χ2n) is 4.20. The van der Waals surface area contributed by atoms with E-state index >= 15 is 0 Å². The molecule has 1 heterocycles. The molecule has 1 aromatic heterocycles. The summed E-state index contributed by atoms with van der Waals surface area (Å²) in [5.41, 5.74) is 2.34. The molecule has 3 nitrogen and oxygen atoms in total. The van der Waals surface area contributed by atoms with Crippen molar-refractivity contribution in [2.24, 2.45) is 0 Å². The van der Waals surface area contributed by atoms with Gasteiger partial charge >= 0.3 is 0 Å². The van der Waals surface area contributed by atoms with Gasteiger partial charge in [-0.25, -0.2) is 4.39 Å². The molecule has 2 rings (SSSR count). The minimum absolute atomic E-state index is 0.0218. The Bertz CT molecular complexity index is 570. The largest absolute Gasteiger partial charge is 0.377 e. The summed E-state index contributed by atoms with van der Waals surface area (Å²) in [6.07, 6.45) is 2.05. The van der Waals surface area contributed by atoms with Crippen LogP contribution in [-0.2, 0) is 0 Å². The molecule has 19 heavy (non-hydrogen) atoms. The molecule has 1 aromatic carbocycles. The Morgan fingerprint density at radius 2 is 2.00 bits per heavy atom. The minimum Gasteiger partial charge on any atom is -0.377 e. The molecule has 2 aromatic rings. The van der Waals surface area contributed by atoms with E-state index in [9.17, 15) is 4.39 Å². The van der Waals surface area contributed by atoms with E-state index in [1.54, 1.807) is 18.2 Å². The first kappa shape index (κ1) is 13.0. The molecule has 1 unspecified atom stereocenters. The molecular weight excluding hydrogens is 241 g/mol. The van der Waals surface area contributed by atoms with Crippen LogP contribution in [0.3, 0.4) is 0 Å². The van der Waals surface area contributed by atoms with Gasteiger partial charge in [-0.2, -0.15) is 5.26 Å². The number of nitriles is 1. The summed E-state index contributed by atoms with van der Waals surface area (Å²) in [5, 5.41) is 12.1. The molecule has 0 amide bonds. The van der Waals surface area contributed by atoms with Gasteiger partial charge in [0.15, 0.2) is 0 Å². The highest BCUT2D eigenvalue weighted by Gasteiger charge is 2.10. The van der Waals surface area contributed by atoms with Gasteiger partial charge in [0.2, 0.25) is 0 Å². The van der Waals surface area contributed by atoms with Gasteiger partial charge in [-0.05, 0) is 42.8 Å². The summed E-state index contributed by atoms with van der Waals surface area (Å²) >= 11 is 0. The number of benzene rings is 1. The summed E-state index contributed by atoms with van der Waals surface area (Å²) in [6, 6.07) is 12.4. The van der Waals surface area contributed by atoms with Crippen molar-refractivity contribution in [2.75, 3.05) is 5.32 Å². The quantitative estimate of drug-likeness (QED) is 0.907. The van der Waals surface area contributed by atoms with Crippen molar-refractivity contribution in [2.45, 2.75) is 19.4 Å². The van der Waals surface area contributed by atoms with Crippen LogP contribution in [0.15, 0.2) is 42.6 Å². The van der Waals surface area contributed by atoms with Crippen LogP contribution < -0.4 is 5.32 Å². The maximum Gasteiger partial charge on any atom is 0.141 e. The molecule has 0 aliphatic rings. The van der Waals surface area contributed by atoms with Gasteiger partial charge in [-0.15, -0.1) is 0 Å². The van der Waals surface area contributed by atoms with Gasteiger partial charge in [-0.1, -0.05) is 6.92 Å². The van der Waals surface area contributed by atoms with E-state index in [0.29, 0.717) is 5.56 Å². The van der Waals surface area contributed by atoms with Crippen LogP contribution in [0.4, 0.5) is 10.1 Å². The van der Waals surface area contributed by atoms with E-state index in [-0.39, 0.29) is 11.9 Å². The minimum atomic E-state index is -0.336. The Kier molecular flexibility index (Phi) is 4.09. The summed E-state index contributed by atoms with van der Waals surface area (Å²) in [7, 11) is 0. The first-order valence-corrected chi connectivity index (χ1v) is 6.11. The standard InChI is InChI=1S/C15H14FN3/c1-2-14(15-8-5-12(16)10-18-15)19-13-6-3-11(9-17)4-7-13/h3-8,10,14,19H,2H2,1H3. The van der Waals surface area contributed by atoms with Gasteiger partial charge in [-0.3, -0.25) is 4.98 Å². The Morgan fingerprint density at radius 1 is 1.26 bits per heavy atom. The fourth-order valence-electron chi connectivity index (χ4n) is 1.82.